The fourth-order valence-corrected chi connectivity index (χ4v) is 1.92. The molecule has 1 unspecified atom stereocenters. The van der Waals surface area contributed by atoms with Crippen LogP contribution >= 0.6 is 0 Å². The molecule has 1 aromatic rings. The molecule has 6 nitrogen and oxygen atoms in total. The van der Waals surface area contributed by atoms with E-state index in [-0.39, 0.29) is 17.5 Å². The first-order valence-electron chi connectivity index (χ1n) is 5.98. The van der Waals surface area contributed by atoms with Gasteiger partial charge in [0.2, 0.25) is 0 Å². The summed E-state index contributed by atoms with van der Waals surface area (Å²) < 4.78 is 0. The predicted octanol–water partition coefficient (Wildman–Crippen LogP) is 1.94. The number of nitrogens with one attached hydrogen (secondary N) is 1. The van der Waals surface area contributed by atoms with Crippen molar-refractivity contribution in [2.24, 2.45) is 5.92 Å². The van der Waals surface area contributed by atoms with Crippen LogP contribution in [0.5, 0.6) is 0 Å². The Balaban J connectivity index is 2.15. The van der Waals surface area contributed by atoms with Gasteiger partial charge in [-0.1, -0.05) is 0 Å². The molecule has 0 bridgehead atoms. The Morgan fingerprint density at radius 3 is 2.74 bits per heavy atom. The maximum Gasteiger partial charge on any atom is 0.269 e. The second-order valence-corrected chi connectivity index (χ2v) is 4.67. The summed E-state index contributed by atoms with van der Waals surface area (Å²) in [5.74, 6) is -0.113. The van der Waals surface area contributed by atoms with Crippen molar-refractivity contribution in [2.45, 2.75) is 25.8 Å². The lowest BCUT2D eigenvalue weighted by molar-refractivity contribution is -0.384. The number of rotatable bonds is 4. The first-order valence-corrected chi connectivity index (χ1v) is 5.98. The number of non-ortho nitro benzene ring substituents is 1. The lowest BCUT2D eigenvalue weighted by Crippen LogP contribution is -2.35. The molecule has 0 saturated heterocycles. The molecular formula is C13H13N3O3. The van der Waals surface area contributed by atoms with E-state index in [2.05, 4.69) is 11.4 Å². The summed E-state index contributed by atoms with van der Waals surface area (Å²) in [6, 6.07) is 5.67. The van der Waals surface area contributed by atoms with Gasteiger partial charge in [0.05, 0.1) is 11.0 Å². The van der Waals surface area contributed by atoms with Crippen LogP contribution < -0.4 is 5.32 Å². The lowest BCUT2D eigenvalue weighted by atomic mass is 10.1. The molecule has 98 valence electrons. The quantitative estimate of drug-likeness (QED) is 0.660. The molecule has 1 aliphatic carbocycles. The molecule has 0 radical (unpaired) electrons. The number of nitro benzene ring substituents is 1. The van der Waals surface area contributed by atoms with Crippen LogP contribution in [0.4, 0.5) is 5.69 Å². The van der Waals surface area contributed by atoms with Crippen molar-refractivity contribution < 1.29 is 9.72 Å². The smallest absolute Gasteiger partial charge is 0.269 e. The van der Waals surface area contributed by atoms with Crippen LogP contribution in [0, 0.1) is 34.3 Å². The van der Waals surface area contributed by atoms with Gasteiger partial charge in [-0.3, -0.25) is 14.9 Å². The van der Waals surface area contributed by atoms with Gasteiger partial charge in [0.25, 0.3) is 11.6 Å². The van der Waals surface area contributed by atoms with Gasteiger partial charge < -0.3 is 5.32 Å². The molecule has 1 aromatic carbocycles. The number of aryl methyl sites for hydroxylation is 1. The summed E-state index contributed by atoms with van der Waals surface area (Å²) in [6.45, 7) is 1.64. The first kappa shape index (κ1) is 13.0. The van der Waals surface area contributed by atoms with Crippen LogP contribution in [0.15, 0.2) is 18.2 Å². The first-order chi connectivity index (χ1) is 9.02. The van der Waals surface area contributed by atoms with E-state index in [1.165, 1.54) is 18.2 Å². The fraction of sp³-hybridized carbons (Fsp3) is 0.385. The molecule has 1 fully saturated rings. The second-order valence-electron chi connectivity index (χ2n) is 4.67. The van der Waals surface area contributed by atoms with Gasteiger partial charge in [-0.25, -0.2) is 0 Å². The predicted molar refractivity (Wildman–Crippen MR) is 67.4 cm³/mol. The number of amides is 1. The zero-order valence-electron chi connectivity index (χ0n) is 10.4. The van der Waals surface area contributed by atoms with Crippen molar-refractivity contribution in [2.75, 3.05) is 0 Å². The summed E-state index contributed by atoms with van der Waals surface area (Å²) in [5, 5.41) is 22.2. The maximum absolute atomic E-state index is 12.0. The topological polar surface area (TPSA) is 96.0 Å². The number of nitro groups is 1. The Kier molecular flexibility index (Phi) is 3.47. The Morgan fingerprint density at radius 1 is 1.58 bits per heavy atom. The highest BCUT2D eigenvalue weighted by atomic mass is 16.6. The summed E-state index contributed by atoms with van der Waals surface area (Å²) in [5.41, 5.74) is 0.846. The highest BCUT2D eigenvalue weighted by Gasteiger charge is 2.32. The molecule has 0 aliphatic heterocycles. The molecule has 0 aromatic heterocycles. The third kappa shape index (κ3) is 2.88. The molecule has 19 heavy (non-hydrogen) atoms. The van der Waals surface area contributed by atoms with E-state index in [9.17, 15) is 14.9 Å². The highest BCUT2D eigenvalue weighted by Crippen LogP contribution is 2.32. The van der Waals surface area contributed by atoms with Gasteiger partial charge in [-0.2, -0.15) is 5.26 Å². The molecule has 1 aliphatic rings. The molecule has 6 heteroatoms. The largest absolute Gasteiger partial charge is 0.336 e. The van der Waals surface area contributed by atoms with Crippen molar-refractivity contribution in [3.8, 4) is 6.07 Å². The minimum absolute atomic E-state index is 0.0481. The highest BCUT2D eigenvalue weighted by molar-refractivity contribution is 5.96. The van der Waals surface area contributed by atoms with Crippen molar-refractivity contribution in [1.29, 1.82) is 5.26 Å². The van der Waals surface area contributed by atoms with E-state index >= 15 is 0 Å². The Morgan fingerprint density at radius 2 is 2.26 bits per heavy atom. The molecule has 2 rings (SSSR count). The van der Waals surface area contributed by atoms with Gasteiger partial charge in [-0.15, -0.1) is 0 Å². The van der Waals surface area contributed by atoms with Gasteiger partial charge in [-0.05, 0) is 37.3 Å². The molecule has 1 N–H and O–H groups in total. The van der Waals surface area contributed by atoms with Crippen LogP contribution in [0.1, 0.15) is 28.8 Å². The Labute approximate surface area is 110 Å². The molecule has 1 amide bonds. The third-order valence-corrected chi connectivity index (χ3v) is 3.18. The van der Waals surface area contributed by atoms with Gasteiger partial charge in [0.1, 0.15) is 6.04 Å². The fourth-order valence-electron chi connectivity index (χ4n) is 1.92. The maximum atomic E-state index is 12.0. The van der Waals surface area contributed by atoms with Crippen LogP contribution in [-0.2, 0) is 0 Å². The molecular weight excluding hydrogens is 246 g/mol. The van der Waals surface area contributed by atoms with E-state index < -0.39 is 11.0 Å². The number of hydrogen-bond donors (Lipinski definition) is 1. The summed E-state index contributed by atoms with van der Waals surface area (Å²) in [6.07, 6.45) is 1.91. The zero-order chi connectivity index (χ0) is 14.0. The lowest BCUT2D eigenvalue weighted by Gasteiger charge is -2.11. The monoisotopic (exact) mass is 259 g/mol. The van der Waals surface area contributed by atoms with Crippen LogP contribution in [-0.4, -0.2) is 16.9 Å². The summed E-state index contributed by atoms with van der Waals surface area (Å²) in [7, 11) is 0. The van der Waals surface area contributed by atoms with Crippen molar-refractivity contribution in [3.63, 3.8) is 0 Å². The molecule has 1 saturated carbocycles. The average molecular weight is 259 g/mol. The number of carbonyl (C=O) groups is 1. The van der Waals surface area contributed by atoms with Crippen molar-refractivity contribution in [1.82, 2.24) is 5.32 Å². The Hall–Kier alpha value is -2.42. The standard InChI is InChI=1S/C13H13N3O3/c1-8-6-10(16(18)19)4-5-11(8)13(17)15-12(7-14)9-2-3-9/h4-6,9,12H,2-3H2,1H3,(H,15,17). The van der Waals surface area contributed by atoms with E-state index in [4.69, 9.17) is 5.26 Å². The van der Waals surface area contributed by atoms with Gasteiger partial charge >= 0.3 is 0 Å². The van der Waals surface area contributed by atoms with Crippen LogP contribution in [0.25, 0.3) is 0 Å². The minimum Gasteiger partial charge on any atom is -0.336 e. The minimum atomic E-state index is -0.503. The van der Waals surface area contributed by atoms with Crippen molar-refractivity contribution in [3.05, 3.63) is 39.4 Å². The number of hydrogen-bond acceptors (Lipinski definition) is 4. The van der Waals surface area contributed by atoms with E-state index in [0.717, 1.165) is 12.8 Å². The SMILES string of the molecule is Cc1cc([N+](=O)[O-])ccc1C(=O)NC(C#N)C1CC1. The van der Waals surface area contributed by atoms with Crippen molar-refractivity contribution >= 4 is 11.6 Å². The van der Waals surface area contributed by atoms with Gasteiger partial charge in [0, 0.05) is 17.7 Å². The number of nitrogens with zero attached hydrogens (tertiary/aromatic N) is 2. The number of nitriles is 1. The number of benzene rings is 1. The van der Waals surface area contributed by atoms with E-state index in [1.54, 1.807) is 6.92 Å². The van der Waals surface area contributed by atoms with E-state index in [1.807, 2.05) is 0 Å². The molecule has 1 atom stereocenters. The zero-order valence-corrected chi connectivity index (χ0v) is 10.4. The third-order valence-electron chi connectivity index (χ3n) is 3.18. The number of carbonyl (C=O) groups excluding carboxylic acids is 1. The average Bonchev–Trinajstić information content (AvgIpc) is 3.19. The summed E-state index contributed by atoms with van der Waals surface area (Å²) >= 11 is 0. The molecule has 0 spiro atoms. The van der Waals surface area contributed by atoms with E-state index in [0.29, 0.717) is 11.1 Å². The Bertz CT molecular complexity index is 573. The molecule has 0 heterocycles. The second kappa shape index (κ2) is 5.06. The van der Waals surface area contributed by atoms with Gasteiger partial charge in [0.15, 0.2) is 0 Å². The normalized spacial score (nSPS) is 15.4. The van der Waals surface area contributed by atoms with Crippen LogP contribution in [0.3, 0.4) is 0 Å². The van der Waals surface area contributed by atoms with Crippen LogP contribution in [0.2, 0.25) is 0 Å². The summed E-state index contributed by atoms with van der Waals surface area (Å²) in [4.78, 5) is 22.1.